The molecule has 0 saturated heterocycles. The third kappa shape index (κ3) is 5.55. The molecule has 4 rings (SSSR count). The summed E-state index contributed by atoms with van der Waals surface area (Å²) in [6.45, 7) is 0. The first-order chi connectivity index (χ1) is 12.8. The summed E-state index contributed by atoms with van der Waals surface area (Å²) in [5.41, 5.74) is -1.53. The summed E-state index contributed by atoms with van der Waals surface area (Å²) in [5.74, 6) is -3.22. The van der Waals surface area contributed by atoms with Crippen LogP contribution in [-0.2, 0) is 19.9 Å². The van der Waals surface area contributed by atoms with Crippen molar-refractivity contribution >= 4 is 10.1 Å². The van der Waals surface area contributed by atoms with Crippen molar-refractivity contribution in [2.75, 3.05) is 0 Å². The monoisotopic (exact) mass is 474 g/mol. The van der Waals surface area contributed by atoms with Crippen LogP contribution in [0.1, 0.15) is 16.7 Å². The van der Waals surface area contributed by atoms with Crippen molar-refractivity contribution in [2.24, 2.45) is 0 Å². The summed E-state index contributed by atoms with van der Waals surface area (Å²) in [5, 5.41) is 46.9. The van der Waals surface area contributed by atoms with Gasteiger partial charge >= 0.3 is 118 Å². The van der Waals surface area contributed by atoms with E-state index < -0.39 is 38.7 Å². The zero-order valence-corrected chi connectivity index (χ0v) is 26.4. The summed E-state index contributed by atoms with van der Waals surface area (Å²) >= 11 is 0. The number of hydrogen-bond acceptors (Lipinski definition) is 7. The predicted octanol–water partition coefficient (Wildman–Crippen LogP) is -12.0. The largest absolute Gasteiger partial charge is 1.00 e. The molecule has 12 heteroatoms. The number of benzene rings is 3. The van der Waals surface area contributed by atoms with Crippen LogP contribution in [0.2, 0.25) is 0 Å². The summed E-state index contributed by atoms with van der Waals surface area (Å²) < 4.78 is 30.7. The molecule has 3 aromatic rings. The SMILES string of the molecule is O=S1(=O)OC(c2ccc([O-])c([O-])c2)(c2ccc([O-])c([O-])c2)c2ccccc21.[Na+].[Na+].[Na+].[Na+]. The molecule has 0 amide bonds. The van der Waals surface area contributed by atoms with Crippen molar-refractivity contribution in [3.63, 3.8) is 0 Å². The standard InChI is InChI=1S/C19H14O7S.4Na/c20-14-7-5-11(9-16(14)22)19(12-6-8-15(21)17(23)10-12)13-3-1-2-4-18(13)27(24,25)26-19;;;;/h1-10,20-23H;;;;/q;4*+1/p-4. The van der Waals surface area contributed by atoms with Crippen LogP contribution in [0.25, 0.3) is 0 Å². The third-order valence-electron chi connectivity index (χ3n) is 4.47. The average molecular weight is 474 g/mol. The molecule has 0 bridgehead atoms. The van der Waals surface area contributed by atoms with E-state index in [2.05, 4.69) is 0 Å². The van der Waals surface area contributed by atoms with Crippen LogP contribution < -0.4 is 139 Å². The van der Waals surface area contributed by atoms with Gasteiger partial charge in [-0.2, -0.15) is 8.42 Å². The van der Waals surface area contributed by atoms with E-state index in [4.69, 9.17) is 4.18 Å². The molecule has 0 unspecified atom stereocenters. The smallest absolute Gasteiger partial charge is 0.873 e. The Balaban J connectivity index is 0.00000225. The second-order valence-corrected chi connectivity index (χ2v) is 7.55. The molecule has 31 heavy (non-hydrogen) atoms. The van der Waals surface area contributed by atoms with Gasteiger partial charge < -0.3 is 20.4 Å². The molecule has 0 saturated carbocycles. The van der Waals surface area contributed by atoms with Crippen molar-refractivity contribution in [1.82, 2.24) is 0 Å². The molecule has 0 N–H and O–H groups in total. The van der Waals surface area contributed by atoms with Gasteiger partial charge in [-0.3, -0.25) is 0 Å². The Morgan fingerprint density at radius 2 is 1.10 bits per heavy atom. The normalized spacial score (nSPS) is 14.6. The fourth-order valence-corrected chi connectivity index (χ4v) is 4.69. The zero-order chi connectivity index (χ0) is 19.4. The molecule has 1 heterocycles. The van der Waals surface area contributed by atoms with Gasteiger partial charge in [0.15, 0.2) is 5.60 Å². The second kappa shape index (κ2) is 12.0. The van der Waals surface area contributed by atoms with E-state index in [0.717, 1.165) is 24.3 Å². The quantitative estimate of drug-likeness (QED) is 0.266. The molecule has 0 radical (unpaired) electrons. The van der Waals surface area contributed by atoms with Crippen LogP contribution >= 0.6 is 0 Å². The first-order valence-electron chi connectivity index (χ1n) is 7.78. The van der Waals surface area contributed by atoms with Crippen molar-refractivity contribution in [3.8, 4) is 23.0 Å². The van der Waals surface area contributed by atoms with E-state index in [-0.39, 0.29) is 140 Å². The van der Waals surface area contributed by atoms with Crippen molar-refractivity contribution in [2.45, 2.75) is 10.5 Å². The number of rotatable bonds is 2. The number of fused-ring (bicyclic) bond motifs is 1. The molecule has 0 fully saturated rings. The van der Waals surface area contributed by atoms with Crippen molar-refractivity contribution in [1.29, 1.82) is 0 Å². The van der Waals surface area contributed by atoms with Crippen LogP contribution in [-0.4, -0.2) is 8.42 Å². The van der Waals surface area contributed by atoms with Crippen LogP contribution in [0.15, 0.2) is 65.6 Å². The van der Waals surface area contributed by atoms with Gasteiger partial charge in [0, 0.05) is 5.56 Å². The molecular formula is C19H10Na4O7S. The van der Waals surface area contributed by atoms with Crippen molar-refractivity contribution in [3.05, 3.63) is 77.4 Å². The Bertz CT molecular complexity index is 1130. The summed E-state index contributed by atoms with van der Waals surface area (Å²) in [6.07, 6.45) is 0. The van der Waals surface area contributed by atoms with Crippen LogP contribution in [0.3, 0.4) is 0 Å². The Kier molecular flexibility index (Phi) is 12.2. The Morgan fingerprint density at radius 3 is 1.55 bits per heavy atom. The molecule has 1 aliphatic heterocycles. The van der Waals surface area contributed by atoms with Gasteiger partial charge in [-0.15, -0.1) is 23.0 Å². The van der Waals surface area contributed by atoms with Gasteiger partial charge in [-0.05, 0) is 17.2 Å². The van der Waals surface area contributed by atoms with Crippen LogP contribution in [0.4, 0.5) is 0 Å². The van der Waals surface area contributed by atoms with Gasteiger partial charge in [-0.25, -0.2) is 4.18 Å². The summed E-state index contributed by atoms with van der Waals surface area (Å²) in [4.78, 5) is -0.123. The maximum Gasteiger partial charge on any atom is 1.00 e. The average Bonchev–Trinajstić information content (AvgIpc) is 2.89. The molecule has 138 valence electrons. The number of hydrogen-bond donors (Lipinski definition) is 0. The minimum Gasteiger partial charge on any atom is -0.873 e. The van der Waals surface area contributed by atoms with Crippen molar-refractivity contribution < 1.29 is 151 Å². The minimum absolute atomic E-state index is 0. The Hall–Kier alpha value is 0.770. The molecule has 0 aliphatic carbocycles. The molecule has 0 spiro atoms. The van der Waals surface area contributed by atoms with Crippen LogP contribution in [0, 0.1) is 0 Å². The van der Waals surface area contributed by atoms with E-state index in [1.54, 1.807) is 6.07 Å². The minimum atomic E-state index is -4.22. The summed E-state index contributed by atoms with van der Waals surface area (Å²) in [7, 11) is -4.22. The van der Waals surface area contributed by atoms with E-state index >= 15 is 0 Å². The van der Waals surface area contributed by atoms with Gasteiger partial charge in [-0.1, -0.05) is 54.6 Å². The fourth-order valence-electron chi connectivity index (χ4n) is 3.26. The van der Waals surface area contributed by atoms with Gasteiger partial charge in [0.05, 0.1) is 0 Å². The maximum absolute atomic E-state index is 12.6. The summed E-state index contributed by atoms with van der Waals surface area (Å²) in [6, 6.07) is 12.5. The molecule has 7 nitrogen and oxygen atoms in total. The predicted molar refractivity (Wildman–Crippen MR) is 85.3 cm³/mol. The molecule has 0 aromatic heterocycles. The fraction of sp³-hybridized carbons (Fsp3) is 0.0526. The second-order valence-electron chi connectivity index (χ2n) is 6.04. The van der Waals surface area contributed by atoms with E-state index in [0.29, 0.717) is 0 Å². The van der Waals surface area contributed by atoms with Gasteiger partial charge in [0.25, 0.3) is 10.1 Å². The van der Waals surface area contributed by atoms with E-state index in [1.165, 1.54) is 30.3 Å². The van der Waals surface area contributed by atoms with Gasteiger partial charge in [0.1, 0.15) is 4.90 Å². The molecular weight excluding hydrogens is 464 g/mol. The molecule has 1 aliphatic rings. The Morgan fingerprint density at radius 1 is 0.645 bits per heavy atom. The Labute approximate surface area is 268 Å². The first-order valence-corrected chi connectivity index (χ1v) is 9.19. The van der Waals surface area contributed by atoms with Crippen LogP contribution in [0.5, 0.6) is 23.0 Å². The van der Waals surface area contributed by atoms with E-state index in [1.807, 2.05) is 0 Å². The molecule has 3 aromatic carbocycles. The van der Waals surface area contributed by atoms with E-state index in [9.17, 15) is 28.8 Å². The molecule has 0 atom stereocenters. The topological polar surface area (TPSA) is 136 Å². The zero-order valence-electron chi connectivity index (χ0n) is 17.5. The van der Waals surface area contributed by atoms with Gasteiger partial charge in [0.2, 0.25) is 0 Å². The maximum atomic E-state index is 12.6. The third-order valence-corrected chi connectivity index (χ3v) is 5.83. The first kappa shape index (κ1) is 31.8.